The molecule has 0 saturated carbocycles. The van der Waals surface area contributed by atoms with Gasteiger partial charge >= 0.3 is 0 Å². The number of hydrogen-bond donors (Lipinski definition) is 1. The summed E-state index contributed by atoms with van der Waals surface area (Å²) in [5.74, 6) is 0.826. The first-order chi connectivity index (χ1) is 13.6. The quantitative estimate of drug-likeness (QED) is 0.422. The average molecular weight is 414 g/mol. The lowest BCUT2D eigenvalue weighted by Gasteiger charge is -2.14. The number of rotatable bonds is 9. The van der Waals surface area contributed by atoms with E-state index < -0.39 is 0 Å². The van der Waals surface area contributed by atoms with Crippen molar-refractivity contribution in [2.45, 2.75) is 39.0 Å². The highest BCUT2D eigenvalue weighted by Gasteiger charge is 2.05. The third-order valence-corrected chi connectivity index (χ3v) is 5.28. The molecule has 0 saturated heterocycles. The van der Waals surface area contributed by atoms with Crippen LogP contribution in [-0.2, 0) is 19.6 Å². The van der Waals surface area contributed by atoms with Crippen LogP contribution in [0.25, 0.3) is 0 Å². The summed E-state index contributed by atoms with van der Waals surface area (Å²) in [6.45, 7) is 3.50. The van der Waals surface area contributed by atoms with Gasteiger partial charge in [0.05, 0.1) is 0 Å². The van der Waals surface area contributed by atoms with Gasteiger partial charge in [-0.25, -0.2) is 0 Å². The molecule has 0 heterocycles. The number of hydrogen-bond acceptors (Lipinski definition) is 2. The van der Waals surface area contributed by atoms with E-state index in [1.54, 1.807) is 6.07 Å². The highest BCUT2D eigenvalue weighted by atomic mass is 35.5. The van der Waals surface area contributed by atoms with Crippen LogP contribution in [0.5, 0.6) is 5.75 Å². The predicted octanol–water partition coefficient (Wildman–Crippen LogP) is 6.68. The lowest BCUT2D eigenvalue weighted by Crippen LogP contribution is -2.25. The van der Waals surface area contributed by atoms with Gasteiger partial charge in [0.15, 0.2) is 0 Å². The lowest BCUT2D eigenvalue weighted by atomic mass is 10.1. The molecule has 3 rings (SSSR count). The highest BCUT2D eigenvalue weighted by Crippen LogP contribution is 2.23. The Labute approximate surface area is 177 Å². The number of nitrogens with one attached hydrogen (secondary N) is 1. The maximum absolute atomic E-state index is 6.18. The monoisotopic (exact) mass is 413 g/mol. The summed E-state index contributed by atoms with van der Waals surface area (Å²) in [7, 11) is 0. The summed E-state index contributed by atoms with van der Waals surface area (Å²) in [5.41, 5.74) is 3.55. The molecule has 0 aromatic heterocycles. The molecule has 0 aliphatic rings. The van der Waals surface area contributed by atoms with Crippen LogP contribution in [0.1, 0.15) is 30.0 Å². The highest BCUT2D eigenvalue weighted by molar-refractivity contribution is 6.35. The Hall–Kier alpha value is -2.00. The molecule has 0 aliphatic heterocycles. The second kappa shape index (κ2) is 10.5. The average Bonchev–Trinajstić information content (AvgIpc) is 2.71. The van der Waals surface area contributed by atoms with Crippen molar-refractivity contribution in [1.29, 1.82) is 0 Å². The minimum atomic E-state index is 0.421. The summed E-state index contributed by atoms with van der Waals surface area (Å²) >= 11 is 12.1. The first-order valence-corrected chi connectivity index (χ1v) is 10.3. The van der Waals surface area contributed by atoms with E-state index in [0.29, 0.717) is 22.7 Å². The normalized spacial score (nSPS) is 12.0. The van der Waals surface area contributed by atoms with Gasteiger partial charge in [0, 0.05) is 28.2 Å². The number of halogens is 2. The van der Waals surface area contributed by atoms with Crippen LogP contribution >= 0.6 is 23.2 Å². The molecule has 4 heteroatoms. The van der Waals surface area contributed by atoms with Crippen LogP contribution in [0.4, 0.5) is 0 Å². The molecule has 0 aliphatic carbocycles. The van der Waals surface area contributed by atoms with E-state index in [0.717, 1.165) is 30.7 Å². The molecule has 3 aromatic carbocycles. The zero-order valence-corrected chi connectivity index (χ0v) is 17.5. The fraction of sp³-hybridized carbons (Fsp3) is 0.250. The maximum atomic E-state index is 6.18. The summed E-state index contributed by atoms with van der Waals surface area (Å²) in [6, 6.07) is 24.7. The smallest absolute Gasteiger partial charge is 0.119 e. The van der Waals surface area contributed by atoms with Gasteiger partial charge in [-0.3, -0.25) is 0 Å². The van der Waals surface area contributed by atoms with Crippen molar-refractivity contribution in [2.24, 2.45) is 0 Å². The molecular formula is C24H25Cl2NO. The lowest BCUT2D eigenvalue weighted by molar-refractivity contribution is 0.306. The van der Waals surface area contributed by atoms with Crippen molar-refractivity contribution < 1.29 is 4.74 Å². The van der Waals surface area contributed by atoms with Crippen molar-refractivity contribution >= 4 is 23.2 Å². The number of benzene rings is 3. The van der Waals surface area contributed by atoms with Gasteiger partial charge in [0.1, 0.15) is 12.4 Å². The molecule has 0 unspecified atom stereocenters. The van der Waals surface area contributed by atoms with E-state index in [-0.39, 0.29) is 0 Å². The topological polar surface area (TPSA) is 21.3 Å². The van der Waals surface area contributed by atoms with Crippen LogP contribution in [0.15, 0.2) is 72.8 Å². The third-order valence-electron chi connectivity index (χ3n) is 4.70. The Bertz CT molecular complexity index is 866. The number of aryl methyl sites for hydroxylation is 1. The van der Waals surface area contributed by atoms with Crippen LogP contribution in [-0.4, -0.2) is 6.04 Å². The summed E-state index contributed by atoms with van der Waals surface area (Å²) in [6.07, 6.45) is 2.21. The molecule has 0 radical (unpaired) electrons. The Kier molecular flexibility index (Phi) is 7.79. The SMILES string of the molecule is C[C@H](CCc1ccccc1)NCc1ccc(OCc2ccc(Cl)cc2Cl)cc1. The largest absolute Gasteiger partial charge is 0.489 e. The van der Waals surface area contributed by atoms with E-state index in [9.17, 15) is 0 Å². The van der Waals surface area contributed by atoms with E-state index in [4.69, 9.17) is 27.9 Å². The van der Waals surface area contributed by atoms with Gasteiger partial charge in [-0.05, 0) is 55.2 Å². The molecule has 1 N–H and O–H groups in total. The Morgan fingerprint density at radius 2 is 1.64 bits per heavy atom. The van der Waals surface area contributed by atoms with Crippen molar-refractivity contribution in [3.05, 3.63) is 99.5 Å². The Morgan fingerprint density at radius 1 is 0.893 bits per heavy atom. The summed E-state index contributed by atoms with van der Waals surface area (Å²) < 4.78 is 5.83. The van der Waals surface area contributed by atoms with Gasteiger partial charge in [0.2, 0.25) is 0 Å². The molecule has 3 aromatic rings. The van der Waals surface area contributed by atoms with Gasteiger partial charge in [-0.15, -0.1) is 0 Å². The van der Waals surface area contributed by atoms with E-state index in [1.165, 1.54) is 11.1 Å². The van der Waals surface area contributed by atoms with Gasteiger partial charge in [-0.1, -0.05) is 71.7 Å². The zero-order valence-electron chi connectivity index (χ0n) is 16.0. The minimum Gasteiger partial charge on any atom is -0.489 e. The van der Waals surface area contributed by atoms with E-state index in [2.05, 4.69) is 54.7 Å². The molecule has 2 nitrogen and oxygen atoms in total. The fourth-order valence-corrected chi connectivity index (χ4v) is 3.39. The van der Waals surface area contributed by atoms with Crippen LogP contribution in [0.3, 0.4) is 0 Å². The molecule has 1 atom stereocenters. The van der Waals surface area contributed by atoms with Crippen LogP contribution in [0.2, 0.25) is 10.0 Å². The van der Waals surface area contributed by atoms with Crippen molar-refractivity contribution in [2.75, 3.05) is 0 Å². The zero-order chi connectivity index (χ0) is 19.8. The first-order valence-electron chi connectivity index (χ1n) is 9.53. The predicted molar refractivity (Wildman–Crippen MR) is 118 cm³/mol. The number of ether oxygens (including phenoxy) is 1. The van der Waals surface area contributed by atoms with Crippen LogP contribution in [0, 0.1) is 0 Å². The molecule has 0 spiro atoms. The second-order valence-corrected chi connectivity index (χ2v) is 7.82. The molecule has 0 amide bonds. The van der Waals surface area contributed by atoms with Crippen LogP contribution < -0.4 is 10.1 Å². The first kappa shape index (κ1) is 20.7. The standard InChI is InChI=1S/C24H25Cl2NO/c1-18(7-8-19-5-3-2-4-6-19)27-16-20-9-13-23(14-10-20)28-17-21-11-12-22(25)15-24(21)26/h2-6,9-15,18,27H,7-8,16-17H2,1H3/t18-/m1/s1. The van der Waals surface area contributed by atoms with Crippen molar-refractivity contribution in [3.8, 4) is 5.75 Å². The fourth-order valence-electron chi connectivity index (χ4n) is 2.93. The second-order valence-electron chi connectivity index (χ2n) is 6.97. The maximum Gasteiger partial charge on any atom is 0.119 e. The molecule has 28 heavy (non-hydrogen) atoms. The van der Waals surface area contributed by atoms with E-state index >= 15 is 0 Å². The van der Waals surface area contributed by atoms with Gasteiger partial charge in [0.25, 0.3) is 0 Å². The van der Waals surface area contributed by atoms with Crippen molar-refractivity contribution in [3.63, 3.8) is 0 Å². The minimum absolute atomic E-state index is 0.421. The molecular weight excluding hydrogens is 389 g/mol. The molecule has 146 valence electrons. The Morgan fingerprint density at radius 3 is 2.36 bits per heavy atom. The Balaban J connectivity index is 1.42. The van der Waals surface area contributed by atoms with E-state index in [1.807, 2.05) is 24.3 Å². The third kappa shape index (κ3) is 6.56. The summed E-state index contributed by atoms with van der Waals surface area (Å²) in [5, 5.41) is 4.84. The molecule has 0 bridgehead atoms. The summed E-state index contributed by atoms with van der Waals surface area (Å²) in [4.78, 5) is 0. The van der Waals surface area contributed by atoms with Gasteiger partial charge in [-0.2, -0.15) is 0 Å². The van der Waals surface area contributed by atoms with Crippen molar-refractivity contribution in [1.82, 2.24) is 5.32 Å². The molecule has 0 fully saturated rings. The van der Waals surface area contributed by atoms with Gasteiger partial charge < -0.3 is 10.1 Å².